The minimum Gasteiger partial charge on any atom is -0.481 e. The Morgan fingerprint density at radius 2 is 1.96 bits per heavy atom. The molecule has 1 aliphatic rings. The van der Waals surface area contributed by atoms with Crippen molar-refractivity contribution in [1.29, 1.82) is 0 Å². The number of hydrogen-bond acceptors (Lipinski definition) is 3. The molecule has 1 aromatic heterocycles. The second-order valence-electron chi connectivity index (χ2n) is 6.31. The molecular formula is C18H22N4O3. The van der Waals surface area contributed by atoms with Crippen molar-refractivity contribution in [3.8, 4) is 5.69 Å². The molecule has 1 aliphatic carbocycles. The third-order valence-electron chi connectivity index (χ3n) is 4.63. The highest BCUT2D eigenvalue weighted by Crippen LogP contribution is 2.24. The van der Waals surface area contributed by atoms with Gasteiger partial charge in [-0.2, -0.15) is 0 Å². The minimum absolute atomic E-state index is 0.0412. The summed E-state index contributed by atoms with van der Waals surface area (Å²) in [6, 6.07) is 7.64. The van der Waals surface area contributed by atoms with E-state index >= 15 is 0 Å². The first-order valence-electron chi connectivity index (χ1n) is 8.47. The Kier molecular flexibility index (Phi) is 5.33. The van der Waals surface area contributed by atoms with Crippen molar-refractivity contribution in [3.05, 3.63) is 48.5 Å². The van der Waals surface area contributed by atoms with Gasteiger partial charge in [-0.05, 0) is 37.3 Å². The van der Waals surface area contributed by atoms with Crippen LogP contribution in [0.15, 0.2) is 43.0 Å². The monoisotopic (exact) mass is 342 g/mol. The topological polar surface area (TPSA) is 96.3 Å². The van der Waals surface area contributed by atoms with Crippen molar-refractivity contribution in [1.82, 2.24) is 20.2 Å². The lowest BCUT2D eigenvalue weighted by molar-refractivity contribution is -0.142. The highest BCUT2D eigenvalue weighted by molar-refractivity contribution is 5.74. The van der Waals surface area contributed by atoms with Gasteiger partial charge >= 0.3 is 12.0 Å². The zero-order valence-electron chi connectivity index (χ0n) is 13.9. The maximum Gasteiger partial charge on any atom is 0.315 e. The third kappa shape index (κ3) is 4.37. The quantitative estimate of drug-likeness (QED) is 0.777. The van der Waals surface area contributed by atoms with Gasteiger partial charge in [-0.3, -0.25) is 4.79 Å². The van der Waals surface area contributed by atoms with Gasteiger partial charge in [0.25, 0.3) is 0 Å². The summed E-state index contributed by atoms with van der Waals surface area (Å²) in [6.45, 7) is 0.407. The van der Waals surface area contributed by atoms with Gasteiger partial charge < -0.3 is 20.3 Å². The first kappa shape index (κ1) is 17.0. The molecule has 25 heavy (non-hydrogen) atoms. The highest BCUT2D eigenvalue weighted by Gasteiger charge is 2.26. The molecule has 7 heteroatoms. The van der Waals surface area contributed by atoms with Crippen LogP contribution in [0.1, 0.15) is 31.2 Å². The molecule has 1 heterocycles. The lowest BCUT2D eigenvalue weighted by atomic mass is 9.86. The second-order valence-corrected chi connectivity index (χ2v) is 6.31. The van der Waals surface area contributed by atoms with Crippen LogP contribution in [0.5, 0.6) is 0 Å². The van der Waals surface area contributed by atoms with E-state index in [1.165, 1.54) is 0 Å². The van der Waals surface area contributed by atoms with Gasteiger partial charge in [-0.1, -0.05) is 18.2 Å². The number of imidazole rings is 1. The molecule has 2 amide bonds. The number of para-hydroxylation sites is 1. The smallest absolute Gasteiger partial charge is 0.315 e. The van der Waals surface area contributed by atoms with E-state index in [1.54, 1.807) is 12.5 Å². The van der Waals surface area contributed by atoms with E-state index in [0.717, 1.165) is 11.3 Å². The largest absolute Gasteiger partial charge is 0.481 e. The zero-order chi connectivity index (χ0) is 17.6. The van der Waals surface area contributed by atoms with Crippen LogP contribution in [0.3, 0.4) is 0 Å². The molecule has 1 aromatic carbocycles. The van der Waals surface area contributed by atoms with Gasteiger partial charge in [0.1, 0.15) is 0 Å². The normalized spacial score (nSPS) is 20.0. The van der Waals surface area contributed by atoms with Gasteiger partial charge in [0.15, 0.2) is 0 Å². The van der Waals surface area contributed by atoms with Gasteiger partial charge in [0, 0.05) is 25.0 Å². The first-order chi connectivity index (χ1) is 12.1. The number of aliphatic carboxylic acids is 1. The minimum atomic E-state index is -0.737. The molecular weight excluding hydrogens is 320 g/mol. The van der Waals surface area contributed by atoms with Crippen LogP contribution in [0.2, 0.25) is 0 Å². The van der Waals surface area contributed by atoms with Crippen molar-refractivity contribution in [3.63, 3.8) is 0 Å². The number of rotatable bonds is 5. The molecule has 0 unspecified atom stereocenters. The summed E-state index contributed by atoms with van der Waals surface area (Å²) in [5.41, 5.74) is 1.97. The van der Waals surface area contributed by atoms with Crippen LogP contribution < -0.4 is 10.6 Å². The first-order valence-corrected chi connectivity index (χ1v) is 8.47. The number of carbonyl (C=O) groups excluding carboxylic acids is 1. The van der Waals surface area contributed by atoms with Crippen LogP contribution in [-0.4, -0.2) is 32.7 Å². The average molecular weight is 342 g/mol. The second kappa shape index (κ2) is 7.83. The Morgan fingerprint density at radius 3 is 2.64 bits per heavy atom. The van der Waals surface area contributed by atoms with E-state index in [9.17, 15) is 9.59 Å². The summed E-state index contributed by atoms with van der Waals surface area (Å²) < 4.78 is 1.90. The Bertz CT molecular complexity index is 722. The SMILES string of the molecule is O=C(NCc1ccccc1-n1ccnc1)NC1CCC(C(=O)O)CC1. The molecule has 7 nitrogen and oxygen atoms in total. The van der Waals surface area contributed by atoms with Crippen LogP contribution >= 0.6 is 0 Å². The maximum atomic E-state index is 12.1. The van der Waals surface area contributed by atoms with E-state index in [4.69, 9.17) is 5.11 Å². The number of hydrogen-bond donors (Lipinski definition) is 3. The Labute approximate surface area is 146 Å². The number of nitrogens with one attached hydrogen (secondary N) is 2. The van der Waals surface area contributed by atoms with Crippen molar-refractivity contribution in [2.45, 2.75) is 38.3 Å². The van der Waals surface area contributed by atoms with E-state index in [-0.39, 0.29) is 18.0 Å². The highest BCUT2D eigenvalue weighted by atomic mass is 16.4. The number of carbonyl (C=O) groups is 2. The fraction of sp³-hybridized carbons (Fsp3) is 0.389. The maximum absolute atomic E-state index is 12.1. The zero-order valence-corrected chi connectivity index (χ0v) is 13.9. The molecule has 0 aliphatic heterocycles. The fourth-order valence-electron chi connectivity index (χ4n) is 3.21. The predicted molar refractivity (Wildman–Crippen MR) is 92.3 cm³/mol. The van der Waals surface area contributed by atoms with E-state index in [1.807, 2.05) is 35.0 Å². The van der Waals surface area contributed by atoms with Crippen molar-refractivity contribution >= 4 is 12.0 Å². The molecule has 2 aromatic rings. The molecule has 3 N–H and O–H groups in total. The Morgan fingerprint density at radius 1 is 1.20 bits per heavy atom. The molecule has 0 atom stereocenters. The molecule has 0 spiro atoms. The third-order valence-corrected chi connectivity index (χ3v) is 4.63. The molecule has 1 fully saturated rings. The average Bonchev–Trinajstić information content (AvgIpc) is 3.15. The number of carboxylic acid groups (broad SMARTS) is 1. The summed E-state index contributed by atoms with van der Waals surface area (Å²) in [7, 11) is 0. The van der Waals surface area contributed by atoms with E-state index in [0.29, 0.717) is 32.2 Å². The number of urea groups is 1. The summed E-state index contributed by atoms with van der Waals surface area (Å²) in [4.78, 5) is 27.2. The van der Waals surface area contributed by atoms with Gasteiger partial charge in [0.2, 0.25) is 0 Å². The number of carboxylic acids is 1. The number of aromatic nitrogens is 2. The van der Waals surface area contributed by atoms with Gasteiger partial charge in [-0.25, -0.2) is 9.78 Å². The summed E-state index contributed by atoms with van der Waals surface area (Å²) >= 11 is 0. The van der Waals surface area contributed by atoms with Crippen molar-refractivity contribution in [2.75, 3.05) is 0 Å². The Hall–Kier alpha value is -2.83. The van der Waals surface area contributed by atoms with E-state index in [2.05, 4.69) is 15.6 Å². The molecule has 0 bridgehead atoms. The van der Waals surface area contributed by atoms with Crippen LogP contribution in [0, 0.1) is 5.92 Å². The molecule has 132 valence electrons. The molecule has 1 saturated carbocycles. The Balaban J connectivity index is 1.51. The van der Waals surface area contributed by atoms with Crippen LogP contribution in [0.25, 0.3) is 5.69 Å². The standard InChI is InChI=1S/C18H22N4O3/c23-17(24)13-5-7-15(8-6-13)21-18(25)20-11-14-3-1-2-4-16(14)22-10-9-19-12-22/h1-4,9-10,12-13,15H,5-8,11H2,(H,23,24)(H2,20,21,25). The molecule has 0 radical (unpaired) electrons. The van der Waals surface area contributed by atoms with Crippen LogP contribution in [-0.2, 0) is 11.3 Å². The van der Waals surface area contributed by atoms with E-state index < -0.39 is 5.97 Å². The van der Waals surface area contributed by atoms with Crippen LogP contribution in [0.4, 0.5) is 4.79 Å². The van der Waals surface area contributed by atoms with Gasteiger partial charge in [0.05, 0.1) is 17.9 Å². The number of benzene rings is 1. The lowest BCUT2D eigenvalue weighted by Crippen LogP contribution is -2.44. The summed E-state index contributed by atoms with van der Waals surface area (Å²) in [5, 5.41) is 14.8. The fourth-order valence-corrected chi connectivity index (χ4v) is 3.21. The van der Waals surface area contributed by atoms with Crippen molar-refractivity contribution in [2.24, 2.45) is 5.92 Å². The number of amides is 2. The van der Waals surface area contributed by atoms with Crippen molar-refractivity contribution < 1.29 is 14.7 Å². The molecule has 0 saturated heterocycles. The predicted octanol–water partition coefficient (Wildman–Crippen LogP) is 2.31. The van der Waals surface area contributed by atoms with Gasteiger partial charge in [-0.15, -0.1) is 0 Å². The number of nitrogens with zero attached hydrogens (tertiary/aromatic N) is 2. The summed E-state index contributed by atoms with van der Waals surface area (Å²) in [6.07, 6.45) is 7.93. The molecule has 3 rings (SSSR count). The lowest BCUT2D eigenvalue weighted by Gasteiger charge is -2.26. The summed E-state index contributed by atoms with van der Waals surface area (Å²) in [5.74, 6) is -1.01.